The lowest BCUT2D eigenvalue weighted by Crippen LogP contribution is -2.53. The van der Waals surface area contributed by atoms with E-state index in [0.29, 0.717) is 55.2 Å². The zero-order valence-corrected chi connectivity index (χ0v) is 22.4. The van der Waals surface area contributed by atoms with Gasteiger partial charge in [0.25, 0.3) is 0 Å². The standard InChI is InChI=1S/C24H30Cl2N4O4S/c1-16-4-7-23(27-13-16)34-17(2)19-14-29(15-20(19)18-5-6-21(25)22(26)12-18)24(31)28-8-10-30(11-9-28)35(3,32)33/h4-7,12-13,17,19-20H,8-11,14-15H2,1-3H3. The summed E-state index contributed by atoms with van der Waals surface area (Å²) in [5, 5.41) is 0.952. The first kappa shape index (κ1) is 26.0. The lowest BCUT2D eigenvalue weighted by molar-refractivity contribution is 0.126. The number of likely N-dealkylation sites (tertiary alicyclic amines) is 1. The minimum absolute atomic E-state index is 0.00314. The third-order valence-corrected chi connectivity index (χ3v) is 8.82. The molecule has 2 saturated heterocycles. The molecule has 2 aromatic rings. The Bertz CT molecular complexity index is 1170. The van der Waals surface area contributed by atoms with Crippen molar-refractivity contribution >= 4 is 39.3 Å². The summed E-state index contributed by atoms with van der Waals surface area (Å²) < 4.78 is 31.3. The Balaban J connectivity index is 1.52. The van der Waals surface area contributed by atoms with Gasteiger partial charge in [0.2, 0.25) is 15.9 Å². The summed E-state index contributed by atoms with van der Waals surface area (Å²) in [5.41, 5.74) is 2.04. The van der Waals surface area contributed by atoms with Crippen LogP contribution in [-0.2, 0) is 10.0 Å². The maximum Gasteiger partial charge on any atom is 0.320 e. The Morgan fingerprint density at radius 2 is 1.77 bits per heavy atom. The maximum atomic E-state index is 13.4. The number of amides is 2. The van der Waals surface area contributed by atoms with Crippen molar-refractivity contribution < 1.29 is 17.9 Å². The lowest BCUT2D eigenvalue weighted by atomic mass is 9.86. The van der Waals surface area contributed by atoms with Crippen molar-refractivity contribution in [1.29, 1.82) is 0 Å². The Morgan fingerprint density at radius 1 is 1.06 bits per heavy atom. The highest BCUT2D eigenvalue weighted by Crippen LogP contribution is 2.38. The molecule has 0 radical (unpaired) electrons. The number of ether oxygens (including phenoxy) is 1. The molecule has 4 rings (SSSR count). The first-order valence-electron chi connectivity index (χ1n) is 11.6. The van der Waals surface area contributed by atoms with Gasteiger partial charge in [-0.15, -0.1) is 0 Å². The molecule has 2 aliphatic heterocycles. The monoisotopic (exact) mass is 540 g/mol. The molecule has 0 bridgehead atoms. The van der Waals surface area contributed by atoms with Crippen LogP contribution >= 0.6 is 23.2 Å². The van der Waals surface area contributed by atoms with E-state index in [1.54, 1.807) is 17.2 Å². The second-order valence-electron chi connectivity index (χ2n) is 9.28. The van der Waals surface area contributed by atoms with E-state index in [1.807, 2.05) is 43.0 Å². The molecule has 2 fully saturated rings. The van der Waals surface area contributed by atoms with Crippen LogP contribution in [0.2, 0.25) is 10.0 Å². The quantitative estimate of drug-likeness (QED) is 0.574. The molecule has 190 valence electrons. The molecule has 3 heterocycles. The second-order valence-corrected chi connectivity index (χ2v) is 12.1. The third-order valence-electron chi connectivity index (χ3n) is 6.78. The molecule has 35 heavy (non-hydrogen) atoms. The van der Waals surface area contributed by atoms with Crippen molar-refractivity contribution in [3.63, 3.8) is 0 Å². The number of rotatable bonds is 5. The SMILES string of the molecule is Cc1ccc(OC(C)C2CN(C(=O)N3CCN(S(C)(=O)=O)CC3)CC2c2ccc(Cl)c(Cl)c2)nc1. The van der Waals surface area contributed by atoms with Gasteiger partial charge in [-0.3, -0.25) is 0 Å². The normalized spacial score (nSPS) is 22.3. The van der Waals surface area contributed by atoms with Crippen molar-refractivity contribution in [2.45, 2.75) is 25.9 Å². The van der Waals surface area contributed by atoms with Gasteiger partial charge in [0.15, 0.2) is 0 Å². The minimum atomic E-state index is -3.26. The fourth-order valence-corrected chi connectivity index (χ4v) is 5.90. The number of sulfonamides is 1. The summed E-state index contributed by atoms with van der Waals surface area (Å²) in [6.45, 7) is 6.30. The van der Waals surface area contributed by atoms with Gasteiger partial charge in [0.1, 0.15) is 6.10 Å². The van der Waals surface area contributed by atoms with Crippen molar-refractivity contribution in [3.8, 4) is 5.88 Å². The molecule has 11 heteroatoms. The predicted octanol–water partition coefficient (Wildman–Crippen LogP) is 3.88. The molecule has 0 saturated carbocycles. The zero-order valence-electron chi connectivity index (χ0n) is 20.0. The molecule has 2 amide bonds. The van der Waals surface area contributed by atoms with Gasteiger partial charge in [-0.05, 0) is 37.1 Å². The van der Waals surface area contributed by atoms with Gasteiger partial charge in [-0.2, -0.15) is 4.31 Å². The van der Waals surface area contributed by atoms with Crippen LogP contribution in [0.1, 0.15) is 24.0 Å². The zero-order chi connectivity index (χ0) is 25.3. The van der Waals surface area contributed by atoms with Gasteiger partial charge in [-0.1, -0.05) is 35.3 Å². The number of piperazine rings is 1. The summed E-state index contributed by atoms with van der Waals surface area (Å²) in [6, 6.07) is 9.29. The first-order chi connectivity index (χ1) is 16.5. The highest BCUT2D eigenvalue weighted by Gasteiger charge is 2.42. The van der Waals surface area contributed by atoms with Crippen molar-refractivity contribution in [1.82, 2.24) is 19.1 Å². The molecule has 3 unspecified atom stereocenters. The third kappa shape index (κ3) is 6.02. The van der Waals surface area contributed by atoms with Crippen LogP contribution in [0, 0.1) is 12.8 Å². The summed E-state index contributed by atoms with van der Waals surface area (Å²) in [6.07, 6.45) is 2.74. The molecule has 8 nitrogen and oxygen atoms in total. The molecule has 0 spiro atoms. The summed E-state index contributed by atoms with van der Waals surface area (Å²) in [5.74, 6) is 0.528. The lowest BCUT2D eigenvalue weighted by Gasteiger charge is -2.35. The second kappa shape index (κ2) is 10.5. The number of benzene rings is 1. The minimum Gasteiger partial charge on any atom is -0.474 e. The van der Waals surface area contributed by atoms with E-state index in [1.165, 1.54) is 10.6 Å². The van der Waals surface area contributed by atoms with Gasteiger partial charge in [0.05, 0.1) is 16.3 Å². The first-order valence-corrected chi connectivity index (χ1v) is 14.2. The van der Waals surface area contributed by atoms with Crippen LogP contribution < -0.4 is 4.74 Å². The topological polar surface area (TPSA) is 83.0 Å². The number of hydrogen-bond acceptors (Lipinski definition) is 5. The van der Waals surface area contributed by atoms with Crippen molar-refractivity contribution in [3.05, 3.63) is 57.7 Å². The number of aromatic nitrogens is 1. The van der Waals surface area contributed by atoms with Crippen LogP contribution in [0.25, 0.3) is 0 Å². The molecule has 1 aromatic heterocycles. The Morgan fingerprint density at radius 3 is 2.37 bits per heavy atom. The van der Waals surface area contributed by atoms with Crippen LogP contribution in [0.15, 0.2) is 36.5 Å². The molecular weight excluding hydrogens is 511 g/mol. The van der Waals surface area contributed by atoms with E-state index in [-0.39, 0.29) is 24.0 Å². The average molecular weight is 542 g/mol. The molecule has 0 N–H and O–H groups in total. The number of carbonyl (C=O) groups is 1. The van der Waals surface area contributed by atoms with Gasteiger partial charge in [-0.25, -0.2) is 18.2 Å². The Kier molecular flexibility index (Phi) is 7.80. The van der Waals surface area contributed by atoms with Crippen LogP contribution in [0.4, 0.5) is 4.79 Å². The van der Waals surface area contributed by atoms with E-state index in [2.05, 4.69) is 4.98 Å². The maximum absolute atomic E-state index is 13.4. The van der Waals surface area contributed by atoms with Gasteiger partial charge >= 0.3 is 6.03 Å². The highest BCUT2D eigenvalue weighted by molar-refractivity contribution is 7.88. The van der Waals surface area contributed by atoms with Gasteiger partial charge < -0.3 is 14.5 Å². The van der Waals surface area contributed by atoms with Crippen LogP contribution in [0.3, 0.4) is 0 Å². The average Bonchev–Trinajstić information content (AvgIpc) is 3.27. The Labute approximate surface area is 216 Å². The van der Waals surface area contributed by atoms with Crippen molar-refractivity contribution in [2.75, 3.05) is 45.5 Å². The smallest absolute Gasteiger partial charge is 0.320 e. The number of hydrogen-bond donors (Lipinski definition) is 0. The number of nitrogens with zero attached hydrogens (tertiary/aromatic N) is 4. The van der Waals surface area contributed by atoms with E-state index in [4.69, 9.17) is 27.9 Å². The number of urea groups is 1. The molecule has 0 aliphatic carbocycles. The highest BCUT2D eigenvalue weighted by atomic mass is 35.5. The van der Waals surface area contributed by atoms with E-state index in [0.717, 1.165) is 11.1 Å². The van der Waals surface area contributed by atoms with E-state index < -0.39 is 10.0 Å². The summed E-state index contributed by atoms with van der Waals surface area (Å²) >= 11 is 12.5. The Hall–Kier alpha value is -2.07. The largest absolute Gasteiger partial charge is 0.474 e. The fraction of sp³-hybridized carbons (Fsp3) is 0.500. The number of halogens is 2. The fourth-order valence-electron chi connectivity index (χ4n) is 4.77. The van der Waals surface area contributed by atoms with Gasteiger partial charge in [0, 0.05) is 63.4 Å². The molecular formula is C24H30Cl2N4O4S. The van der Waals surface area contributed by atoms with E-state index >= 15 is 0 Å². The van der Waals surface area contributed by atoms with Crippen molar-refractivity contribution in [2.24, 2.45) is 5.92 Å². The molecule has 3 atom stereocenters. The molecule has 2 aliphatic rings. The number of aryl methyl sites for hydroxylation is 1. The summed E-state index contributed by atoms with van der Waals surface area (Å²) in [4.78, 5) is 21.3. The predicted molar refractivity (Wildman–Crippen MR) is 137 cm³/mol. The number of carbonyl (C=O) groups excluding carboxylic acids is 1. The number of pyridine rings is 1. The van der Waals surface area contributed by atoms with E-state index in [9.17, 15) is 13.2 Å². The summed E-state index contributed by atoms with van der Waals surface area (Å²) in [7, 11) is -3.26. The van der Waals surface area contributed by atoms with Crippen LogP contribution in [0.5, 0.6) is 5.88 Å². The molecule has 1 aromatic carbocycles. The van der Waals surface area contributed by atoms with Crippen LogP contribution in [-0.4, -0.2) is 85.2 Å².